The van der Waals surface area contributed by atoms with E-state index in [9.17, 15) is 18.0 Å². The molecule has 7 nitrogen and oxygen atoms in total. The van der Waals surface area contributed by atoms with Crippen molar-refractivity contribution in [2.24, 2.45) is 0 Å². The Morgan fingerprint density at radius 3 is 2.30 bits per heavy atom. The monoisotopic (exact) mass is 435 g/mol. The molecule has 1 aromatic carbocycles. The Morgan fingerprint density at radius 1 is 1.20 bits per heavy atom. The van der Waals surface area contributed by atoms with Gasteiger partial charge >= 0.3 is 12.1 Å². The highest BCUT2D eigenvalue weighted by Gasteiger charge is 2.49. The summed E-state index contributed by atoms with van der Waals surface area (Å²) in [5.41, 5.74) is 0.173. The van der Waals surface area contributed by atoms with Crippen molar-refractivity contribution in [1.82, 2.24) is 4.90 Å². The van der Waals surface area contributed by atoms with Gasteiger partial charge in [-0.05, 0) is 52.3 Å². The molecule has 2 rings (SSSR count). The molecule has 1 amide bonds. The van der Waals surface area contributed by atoms with Gasteiger partial charge in [0.1, 0.15) is 5.60 Å². The largest absolute Gasteiger partial charge is 0.444 e. The summed E-state index contributed by atoms with van der Waals surface area (Å²) in [5.74, 6) is -0.550. The van der Waals surface area contributed by atoms with Crippen molar-refractivity contribution in [1.29, 1.82) is 0 Å². The molecular weight excluding hydrogens is 406 g/mol. The number of hydrogen-bond donors (Lipinski definition) is 0. The van der Waals surface area contributed by atoms with Gasteiger partial charge < -0.3 is 9.47 Å². The number of carbonyl (C=O) groups is 2. The van der Waals surface area contributed by atoms with Gasteiger partial charge in [-0.15, -0.1) is 6.58 Å². The lowest BCUT2D eigenvalue weighted by Gasteiger charge is -2.31. The zero-order valence-electron chi connectivity index (χ0n) is 18.0. The third kappa shape index (κ3) is 5.50. The fourth-order valence-electron chi connectivity index (χ4n) is 3.32. The molecule has 8 heteroatoms. The van der Waals surface area contributed by atoms with E-state index < -0.39 is 44.8 Å². The van der Waals surface area contributed by atoms with Crippen molar-refractivity contribution in [2.45, 2.75) is 68.9 Å². The lowest BCUT2D eigenvalue weighted by atomic mass is 10.2. The third-order valence-electron chi connectivity index (χ3n) is 4.67. The maximum atomic E-state index is 13.4. The van der Waals surface area contributed by atoms with Crippen LogP contribution in [-0.4, -0.2) is 48.3 Å². The fourth-order valence-corrected chi connectivity index (χ4v) is 5.22. The number of ether oxygens (including phenoxy) is 2. The average Bonchev–Trinajstić information content (AvgIpc) is 3.00. The van der Waals surface area contributed by atoms with Crippen molar-refractivity contribution in [3.8, 4) is 0 Å². The zero-order chi connectivity index (χ0) is 22.7. The number of rotatable bonds is 5. The summed E-state index contributed by atoms with van der Waals surface area (Å²) in [5, 5.41) is -0.956. The van der Waals surface area contributed by atoms with Gasteiger partial charge in [0.15, 0.2) is 9.84 Å². The fraction of sp³-hybridized carbons (Fsp3) is 0.455. The molecule has 164 valence electrons. The van der Waals surface area contributed by atoms with Crippen molar-refractivity contribution in [2.75, 3.05) is 0 Å². The number of esters is 1. The zero-order valence-corrected chi connectivity index (χ0v) is 18.8. The predicted octanol–water partition coefficient (Wildman–Crippen LogP) is 3.78. The van der Waals surface area contributed by atoms with Crippen molar-refractivity contribution < 1.29 is 27.5 Å². The topological polar surface area (TPSA) is 90.0 Å². The smallest absolute Gasteiger partial charge is 0.411 e. The van der Waals surface area contributed by atoms with Crippen LogP contribution in [0.25, 0.3) is 0 Å². The molecule has 1 heterocycles. The molecule has 1 saturated heterocycles. The van der Waals surface area contributed by atoms with Gasteiger partial charge in [0.05, 0.1) is 28.5 Å². The summed E-state index contributed by atoms with van der Waals surface area (Å²) >= 11 is 0. The molecule has 0 N–H and O–H groups in total. The van der Waals surface area contributed by atoms with Crippen LogP contribution in [0.2, 0.25) is 0 Å². The Hall–Kier alpha value is -2.61. The minimum atomic E-state index is -3.80. The average molecular weight is 436 g/mol. The SMILES string of the molecule is C=C[C@H]1C[C@@H](S(=O)(=O)c2ccc(C)cc2)[C@@H](/C=C/OC(C)=O)N1C(=O)OC(C)(C)C. The first-order valence-corrected chi connectivity index (χ1v) is 11.2. The van der Waals surface area contributed by atoms with Gasteiger partial charge in [0.2, 0.25) is 0 Å². The molecule has 0 aliphatic carbocycles. The van der Waals surface area contributed by atoms with E-state index in [1.165, 1.54) is 24.0 Å². The number of nitrogens with zero attached hydrogens (tertiary/aromatic N) is 1. The van der Waals surface area contributed by atoms with E-state index in [-0.39, 0.29) is 11.3 Å². The van der Waals surface area contributed by atoms with Gasteiger partial charge in [-0.2, -0.15) is 0 Å². The Bertz CT molecular complexity index is 927. The first kappa shape index (κ1) is 23.7. The van der Waals surface area contributed by atoms with Gasteiger partial charge in [-0.1, -0.05) is 23.8 Å². The highest BCUT2D eigenvalue weighted by Crippen LogP contribution is 2.35. The molecule has 3 atom stereocenters. The molecule has 1 aromatic rings. The molecule has 0 bridgehead atoms. The summed E-state index contributed by atoms with van der Waals surface area (Å²) in [6.45, 7) is 12.1. The molecule has 1 aliphatic heterocycles. The van der Waals surface area contributed by atoms with Gasteiger partial charge in [0, 0.05) is 6.92 Å². The quantitative estimate of drug-likeness (QED) is 0.397. The molecule has 0 aromatic heterocycles. The second kappa shape index (κ2) is 9.04. The minimum Gasteiger partial charge on any atom is -0.444 e. The van der Waals surface area contributed by atoms with E-state index in [1.807, 2.05) is 6.92 Å². The maximum absolute atomic E-state index is 13.4. The van der Waals surface area contributed by atoms with Gasteiger partial charge in [-0.25, -0.2) is 13.2 Å². The number of aryl methyl sites for hydroxylation is 1. The van der Waals surface area contributed by atoms with E-state index in [0.29, 0.717) is 0 Å². The number of likely N-dealkylation sites (tertiary alicyclic amines) is 1. The Balaban J connectivity index is 2.50. The summed E-state index contributed by atoms with van der Waals surface area (Å²) in [6.07, 6.45) is 3.54. The standard InChI is InChI=1S/C22H29NO6S/c1-7-17-14-20(30(26,27)18-10-8-15(2)9-11-18)19(12-13-28-16(3)24)23(17)21(25)29-22(4,5)6/h7-13,17,19-20H,1,14H2,2-6H3/b13-12+/t17-,19+,20+/m0/s1. The van der Waals surface area contributed by atoms with E-state index in [1.54, 1.807) is 45.0 Å². The van der Waals surface area contributed by atoms with Crippen LogP contribution in [-0.2, 0) is 24.1 Å². The predicted molar refractivity (Wildman–Crippen MR) is 114 cm³/mol. The van der Waals surface area contributed by atoms with E-state index >= 15 is 0 Å². The number of carbonyl (C=O) groups excluding carboxylic acids is 2. The van der Waals surface area contributed by atoms with Gasteiger partial charge in [0.25, 0.3) is 0 Å². The Labute approximate surface area is 178 Å². The number of hydrogen-bond acceptors (Lipinski definition) is 6. The molecule has 0 saturated carbocycles. The van der Waals surface area contributed by atoms with Crippen LogP contribution in [0, 0.1) is 6.92 Å². The molecular formula is C22H29NO6S. The molecule has 0 unspecified atom stereocenters. The maximum Gasteiger partial charge on any atom is 0.411 e. The van der Waals surface area contributed by atoms with Crippen LogP contribution < -0.4 is 0 Å². The van der Waals surface area contributed by atoms with Crippen LogP contribution in [0.15, 0.2) is 54.2 Å². The third-order valence-corrected chi connectivity index (χ3v) is 6.87. The van der Waals surface area contributed by atoms with Crippen LogP contribution in [0.3, 0.4) is 0 Å². The number of sulfone groups is 1. The highest BCUT2D eigenvalue weighted by molar-refractivity contribution is 7.92. The van der Waals surface area contributed by atoms with Crippen molar-refractivity contribution >= 4 is 21.9 Å². The van der Waals surface area contributed by atoms with Crippen LogP contribution in [0.4, 0.5) is 4.79 Å². The summed E-state index contributed by atoms with van der Waals surface area (Å²) in [7, 11) is -3.80. The van der Waals surface area contributed by atoms with Crippen LogP contribution in [0.5, 0.6) is 0 Å². The number of amides is 1. The van der Waals surface area contributed by atoms with Gasteiger partial charge in [-0.3, -0.25) is 9.69 Å². The first-order valence-electron chi connectivity index (χ1n) is 9.65. The summed E-state index contributed by atoms with van der Waals surface area (Å²) in [4.78, 5) is 25.6. The normalized spacial score (nSPS) is 22.2. The second-order valence-corrected chi connectivity index (χ2v) is 10.4. The molecule has 0 spiro atoms. The van der Waals surface area contributed by atoms with Crippen LogP contribution in [0.1, 0.15) is 39.7 Å². The van der Waals surface area contributed by atoms with Crippen molar-refractivity contribution in [3.05, 3.63) is 54.8 Å². The van der Waals surface area contributed by atoms with Crippen molar-refractivity contribution in [3.63, 3.8) is 0 Å². The summed E-state index contributed by atoms with van der Waals surface area (Å²) in [6, 6.07) is 5.10. The van der Waals surface area contributed by atoms with Crippen LogP contribution >= 0.6 is 0 Å². The second-order valence-electron chi connectivity index (χ2n) is 8.25. The van der Waals surface area contributed by atoms with E-state index in [0.717, 1.165) is 11.8 Å². The lowest BCUT2D eigenvalue weighted by Crippen LogP contribution is -2.45. The molecule has 30 heavy (non-hydrogen) atoms. The first-order chi connectivity index (χ1) is 13.9. The van der Waals surface area contributed by atoms with E-state index in [2.05, 4.69) is 6.58 Å². The van der Waals surface area contributed by atoms with E-state index in [4.69, 9.17) is 9.47 Å². The molecule has 1 aliphatic rings. The Kier molecular flexibility index (Phi) is 7.13. The minimum absolute atomic E-state index is 0.147. The number of benzene rings is 1. The summed E-state index contributed by atoms with van der Waals surface area (Å²) < 4.78 is 37.2. The molecule has 1 fully saturated rings. The Morgan fingerprint density at radius 2 is 1.80 bits per heavy atom. The lowest BCUT2D eigenvalue weighted by molar-refractivity contribution is -0.135. The highest BCUT2D eigenvalue weighted by atomic mass is 32.2. The molecule has 0 radical (unpaired) electrons.